The Morgan fingerprint density at radius 2 is 1.82 bits per heavy atom. The lowest BCUT2D eigenvalue weighted by Crippen LogP contribution is -2.23. The van der Waals surface area contributed by atoms with Gasteiger partial charge in [-0.2, -0.15) is 0 Å². The van der Waals surface area contributed by atoms with Crippen LogP contribution in [0, 0.1) is 0 Å². The van der Waals surface area contributed by atoms with Gasteiger partial charge in [-0.1, -0.05) is 12.7 Å². The van der Waals surface area contributed by atoms with Crippen LogP contribution in [0.25, 0.3) is 0 Å². The summed E-state index contributed by atoms with van der Waals surface area (Å²) in [4.78, 5) is 22.7. The maximum atomic E-state index is 10.8. The van der Waals surface area contributed by atoms with Crippen LogP contribution in [-0.4, -0.2) is 16.7 Å². The standard InChI is InChI=1S/C8H7NO2/c1-2-3-6-9-7(10)4-5-8(9)11/h2-6H,1H2/b6-3+. The second kappa shape index (κ2) is 2.96. The van der Waals surface area contributed by atoms with Gasteiger partial charge in [-0.15, -0.1) is 0 Å². The topological polar surface area (TPSA) is 37.4 Å². The van der Waals surface area contributed by atoms with Crippen molar-refractivity contribution in [3.63, 3.8) is 0 Å². The minimum Gasteiger partial charge on any atom is -0.269 e. The largest absolute Gasteiger partial charge is 0.269 e. The summed E-state index contributed by atoms with van der Waals surface area (Å²) in [5.41, 5.74) is 0. The van der Waals surface area contributed by atoms with Crippen LogP contribution < -0.4 is 0 Å². The Bertz CT molecular complexity index is 245. The van der Waals surface area contributed by atoms with E-state index >= 15 is 0 Å². The molecule has 0 bridgehead atoms. The van der Waals surface area contributed by atoms with Crippen molar-refractivity contribution in [1.82, 2.24) is 4.90 Å². The number of allylic oxidation sites excluding steroid dienone is 2. The quantitative estimate of drug-likeness (QED) is 0.426. The van der Waals surface area contributed by atoms with Crippen LogP contribution in [0.3, 0.4) is 0 Å². The van der Waals surface area contributed by atoms with Crippen molar-refractivity contribution < 1.29 is 9.59 Å². The lowest BCUT2D eigenvalue weighted by molar-refractivity contribution is -0.133. The second-order valence-electron chi connectivity index (χ2n) is 1.96. The maximum absolute atomic E-state index is 10.8. The predicted molar refractivity (Wildman–Crippen MR) is 40.3 cm³/mol. The van der Waals surface area contributed by atoms with E-state index in [1.54, 1.807) is 0 Å². The van der Waals surface area contributed by atoms with E-state index in [1.807, 2.05) is 0 Å². The molecule has 1 aliphatic rings. The zero-order chi connectivity index (χ0) is 8.27. The number of carbonyl (C=O) groups excluding carboxylic acids is 2. The smallest absolute Gasteiger partial charge is 0.257 e. The molecule has 1 aliphatic heterocycles. The van der Waals surface area contributed by atoms with Gasteiger partial charge in [0.25, 0.3) is 11.8 Å². The van der Waals surface area contributed by atoms with Crippen molar-refractivity contribution >= 4 is 11.8 Å². The minimum absolute atomic E-state index is 0.312. The molecule has 0 unspecified atom stereocenters. The van der Waals surface area contributed by atoms with Gasteiger partial charge in [-0.3, -0.25) is 14.5 Å². The first-order valence-corrected chi connectivity index (χ1v) is 3.10. The minimum atomic E-state index is -0.312. The molecule has 3 heteroatoms. The Hall–Kier alpha value is -1.64. The molecule has 0 atom stereocenters. The Kier molecular flexibility index (Phi) is 2.01. The lowest BCUT2D eigenvalue weighted by atomic mass is 10.5. The number of carbonyl (C=O) groups is 2. The highest BCUT2D eigenvalue weighted by Crippen LogP contribution is 2.03. The summed E-state index contributed by atoms with van der Waals surface area (Å²) in [6.07, 6.45) is 6.88. The van der Waals surface area contributed by atoms with Gasteiger partial charge in [0, 0.05) is 18.4 Å². The van der Waals surface area contributed by atoms with Crippen molar-refractivity contribution in [3.05, 3.63) is 37.1 Å². The van der Waals surface area contributed by atoms with Gasteiger partial charge >= 0.3 is 0 Å². The molecule has 0 aromatic heterocycles. The number of hydrogen-bond acceptors (Lipinski definition) is 2. The molecule has 11 heavy (non-hydrogen) atoms. The maximum Gasteiger partial charge on any atom is 0.257 e. The van der Waals surface area contributed by atoms with Gasteiger partial charge < -0.3 is 0 Å². The number of nitrogens with zero attached hydrogens (tertiary/aromatic N) is 1. The summed E-state index contributed by atoms with van der Waals surface area (Å²) in [5.74, 6) is -0.624. The highest BCUT2D eigenvalue weighted by Gasteiger charge is 2.19. The normalized spacial score (nSPS) is 16.9. The van der Waals surface area contributed by atoms with Crippen molar-refractivity contribution in [2.24, 2.45) is 0 Å². The Morgan fingerprint density at radius 3 is 2.27 bits per heavy atom. The molecule has 0 spiro atoms. The summed E-state index contributed by atoms with van der Waals surface area (Å²) in [7, 11) is 0. The molecule has 1 rings (SSSR count). The third kappa shape index (κ3) is 1.43. The monoisotopic (exact) mass is 149 g/mol. The number of amides is 2. The molecule has 0 radical (unpaired) electrons. The highest BCUT2D eigenvalue weighted by atomic mass is 16.2. The summed E-state index contributed by atoms with van der Waals surface area (Å²) in [6.45, 7) is 3.42. The summed E-state index contributed by atoms with van der Waals surface area (Å²) < 4.78 is 0. The third-order valence-electron chi connectivity index (χ3n) is 1.21. The first-order valence-electron chi connectivity index (χ1n) is 3.10. The van der Waals surface area contributed by atoms with Crippen LogP contribution in [0.2, 0.25) is 0 Å². The van der Waals surface area contributed by atoms with E-state index in [2.05, 4.69) is 6.58 Å². The van der Waals surface area contributed by atoms with E-state index in [0.717, 1.165) is 4.90 Å². The van der Waals surface area contributed by atoms with Crippen molar-refractivity contribution in [3.8, 4) is 0 Å². The molecular weight excluding hydrogens is 142 g/mol. The van der Waals surface area contributed by atoms with E-state index in [9.17, 15) is 9.59 Å². The van der Waals surface area contributed by atoms with Gasteiger partial charge in [0.2, 0.25) is 0 Å². The molecule has 0 fully saturated rings. The highest BCUT2D eigenvalue weighted by molar-refractivity contribution is 6.13. The predicted octanol–water partition coefficient (Wildman–Crippen LogP) is 0.611. The van der Waals surface area contributed by atoms with E-state index in [4.69, 9.17) is 0 Å². The molecule has 1 heterocycles. The fraction of sp³-hybridized carbons (Fsp3) is 0. The van der Waals surface area contributed by atoms with E-state index in [1.165, 1.54) is 30.5 Å². The van der Waals surface area contributed by atoms with Gasteiger partial charge in [-0.05, 0) is 6.08 Å². The Morgan fingerprint density at radius 1 is 1.27 bits per heavy atom. The number of hydrogen-bond donors (Lipinski definition) is 0. The van der Waals surface area contributed by atoms with Gasteiger partial charge in [0.05, 0.1) is 0 Å². The molecule has 0 aromatic rings. The molecule has 0 aliphatic carbocycles. The van der Waals surface area contributed by atoms with Crippen LogP contribution in [0.15, 0.2) is 37.1 Å². The fourth-order valence-corrected chi connectivity index (χ4v) is 0.706. The summed E-state index contributed by atoms with van der Waals surface area (Å²) in [6, 6.07) is 0. The molecule has 3 nitrogen and oxygen atoms in total. The van der Waals surface area contributed by atoms with Crippen LogP contribution in [0.4, 0.5) is 0 Å². The zero-order valence-electron chi connectivity index (χ0n) is 5.86. The fourth-order valence-electron chi connectivity index (χ4n) is 0.706. The summed E-state index contributed by atoms with van der Waals surface area (Å²) >= 11 is 0. The second-order valence-corrected chi connectivity index (χ2v) is 1.96. The SMILES string of the molecule is C=C/C=C/N1C(=O)C=CC1=O. The molecule has 0 saturated carbocycles. The molecule has 0 saturated heterocycles. The first-order chi connectivity index (χ1) is 5.25. The third-order valence-corrected chi connectivity index (χ3v) is 1.21. The molecule has 0 aromatic carbocycles. The molecule has 2 amide bonds. The van der Waals surface area contributed by atoms with Crippen LogP contribution >= 0.6 is 0 Å². The average Bonchev–Trinajstić information content (AvgIpc) is 2.29. The van der Waals surface area contributed by atoms with Crippen LogP contribution in [-0.2, 0) is 9.59 Å². The van der Waals surface area contributed by atoms with E-state index in [0.29, 0.717) is 0 Å². The average molecular weight is 149 g/mol. The van der Waals surface area contributed by atoms with Crippen molar-refractivity contribution in [2.75, 3.05) is 0 Å². The molecule has 0 N–H and O–H groups in total. The zero-order valence-corrected chi connectivity index (χ0v) is 5.86. The van der Waals surface area contributed by atoms with Gasteiger partial charge in [-0.25, -0.2) is 0 Å². The molecule has 56 valence electrons. The van der Waals surface area contributed by atoms with Crippen LogP contribution in [0.5, 0.6) is 0 Å². The van der Waals surface area contributed by atoms with Crippen LogP contribution in [0.1, 0.15) is 0 Å². The molecular formula is C8H7NO2. The lowest BCUT2D eigenvalue weighted by Gasteiger charge is -2.04. The van der Waals surface area contributed by atoms with Gasteiger partial charge in [0.15, 0.2) is 0 Å². The summed E-state index contributed by atoms with van der Waals surface area (Å²) in [5, 5.41) is 0. The first kappa shape index (κ1) is 7.47. The Labute approximate surface area is 64.3 Å². The number of rotatable bonds is 2. The van der Waals surface area contributed by atoms with Crippen molar-refractivity contribution in [2.45, 2.75) is 0 Å². The number of imide groups is 1. The van der Waals surface area contributed by atoms with Gasteiger partial charge in [0.1, 0.15) is 0 Å². The van der Waals surface area contributed by atoms with E-state index < -0.39 is 0 Å². The van der Waals surface area contributed by atoms with E-state index in [-0.39, 0.29) is 11.8 Å². The Balaban J connectivity index is 2.74. The van der Waals surface area contributed by atoms with Crippen molar-refractivity contribution in [1.29, 1.82) is 0 Å².